The lowest BCUT2D eigenvalue weighted by molar-refractivity contribution is -0.137. The standard InChI is InChI=1S/C24H22F3N3O2/c25-24(26,27)18-8-9-20-19(15-18)28-23(21-7-4-12-30(20)21)10-13-29(14-11-23)22(31)32-16-17-5-2-1-3-6-17/h1-9,12,15,28H,10-11,13-14,16H2. The zero-order valence-electron chi connectivity index (χ0n) is 17.2. The molecule has 1 fully saturated rings. The Balaban J connectivity index is 1.33. The second-order valence-electron chi connectivity index (χ2n) is 8.23. The number of halogens is 3. The molecular weight excluding hydrogens is 419 g/mol. The Kier molecular flexibility index (Phi) is 4.87. The lowest BCUT2D eigenvalue weighted by Gasteiger charge is -2.46. The third-order valence-electron chi connectivity index (χ3n) is 6.28. The van der Waals surface area contributed by atoms with Gasteiger partial charge in [0, 0.05) is 25.0 Å². The van der Waals surface area contributed by atoms with Crippen molar-refractivity contribution in [2.45, 2.75) is 31.2 Å². The number of anilines is 1. The fourth-order valence-corrected chi connectivity index (χ4v) is 4.59. The molecule has 2 aliphatic heterocycles. The van der Waals surface area contributed by atoms with Crippen molar-refractivity contribution in [2.24, 2.45) is 0 Å². The maximum absolute atomic E-state index is 13.3. The Morgan fingerprint density at radius 3 is 2.50 bits per heavy atom. The van der Waals surface area contributed by atoms with Gasteiger partial charge >= 0.3 is 12.3 Å². The predicted molar refractivity (Wildman–Crippen MR) is 114 cm³/mol. The van der Waals surface area contributed by atoms with E-state index in [0.717, 1.165) is 17.3 Å². The maximum Gasteiger partial charge on any atom is 0.416 e. The summed E-state index contributed by atoms with van der Waals surface area (Å²) in [4.78, 5) is 14.2. The number of hydrogen-bond donors (Lipinski definition) is 1. The molecule has 1 spiro atoms. The summed E-state index contributed by atoms with van der Waals surface area (Å²) in [5.74, 6) is 0. The van der Waals surface area contributed by atoms with Crippen molar-refractivity contribution < 1.29 is 22.7 Å². The number of aromatic nitrogens is 1. The number of amides is 1. The molecule has 0 atom stereocenters. The van der Waals surface area contributed by atoms with Gasteiger partial charge in [0.05, 0.1) is 22.5 Å². The van der Waals surface area contributed by atoms with Gasteiger partial charge in [0.1, 0.15) is 6.61 Å². The first-order chi connectivity index (χ1) is 15.4. The van der Waals surface area contributed by atoms with Crippen LogP contribution in [0.2, 0.25) is 0 Å². The zero-order chi connectivity index (χ0) is 22.3. The zero-order valence-corrected chi connectivity index (χ0v) is 17.2. The minimum atomic E-state index is -4.41. The largest absolute Gasteiger partial charge is 0.445 e. The first kappa shape index (κ1) is 20.5. The number of benzene rings is 2. The van der Waals surface area contributed by atoms with Crippen LogP contribution < -0.4 is 5.32 Å². The Bertz CT molecular complexity index is 1130. The van der Waals surface area contributed by atoms with Gasteiger partial charge in [-0.15, -0.1) is 0 Å². The van der Waals surface area contributed by atoms with Crippen molar-refractivity contribution in [3.8, 4) is 5.69 Å². The van der Waals surface area contributed by atoms with Crippen LogP contribution in [-0.2, 0) is 23.1 Å². The maximum atomic E-state index is 13.3. The SMILES string of the molecule is O=C(OCc1ccccc1)N1CCC2(CC1)Nc1cc(C(F)(F)F)ccc1-n1cccc12. The molecule has 2 aromatic carbocycles. The molecule has 3 heterocycles. The van der Waals surface area contributed by atoms with Gasteiger partial charge in [0.2, 0.25) is 0 Å². The average molecular weight is 441 g/mol. The highest BCUT2D eigenvalue weighted by atomic mass is 19.4. The van der Waals surface area contributed by atoms with Gasteiger partial charge in [-0.05, 0) is 48.7 Å². The van der Waals surface area contributed by atoms with Crippen LogP contribution in [0.3, 0.4) is 0 Å². The summed E-state index contributed by atoms with van der Waals surface area (Å²) in [7, 11) is 0. The summed E-state index contributed by atoms with van der Waals surface area (Å²) < 4.78 is 47.2. The quantitative estimate of drug-likeness (QED) is 0.567. The Labute approximate surface area is 183 Å². The topological polar surface area (TPSA) is 46.5 Å². The minimum Gasteiger partial charge on any atom is -0.445 e. The first-order valence-electron chi connectivity index (χ1n) is 10.5. The third kappa shape index (κ3) is 3.59. The average Bonchev–Trinajstić information content (AvgIpc) is 3.29. The molecule has 0 saturated carbocycles. The summed E-state index contributed by atoms with van der Waals surface area (Å²) in [6, 6.07) is 17.1. The molecule has 0 aliphatic carbocycles. The molecule has 0 bridgehead atoms. The van der Waals surface area contributed by atoms with Crippen LogP contribution in [0.4, 0.5) is 23.7 Å². The van der Waals surface area contributed by atoms with Crippen molar-refractivity contribution in [3.05, 3.63) is 83.7 Å². The van der Waals surface area contributed by atoms with Crippen molar-refractivity contribution in [3.63, 3.8) is 0 Å². The third-order valence-corrected chi connectivity index (χ3v) is 6.28. The number of carbonyl (C=O) groups excluding carboxylic acids is 1. The van der Waals surface area contributed by atoms with Crippen molar-refractivity contribution in [1.82, 2.24) is 9.47 Å². The van der Waals surface area contributed by atoms with Gasteiger partial charge in [-0.3, -0.25) is 0 Å². The molecule has 166 valence electrons. The number of fused-ring (bicyclic) bond motifs is 4. The molecule has 32 heavy (non-hydrogen) atoms. The first-order valence-corrected chi connectivity index (χ1v) is 10.5. The number of ether oxygens (including phenoxy) is 1. The molecule has 0 radical (unpaired) electrons. The normalized spacial score (nSPS) is 16.8. The van der Waals surface area contributed by atoms with Gasteiger partial charge < -0.3 is 19.5 Å². The van der Waals surface area contributed by atoms with E-state index in [-0.39, 0.29) is 12.7 Å². The summed E-state index contributed by atoms with van der Waals surface area (Å²) in [5.41, 5.74) is 1.81. The monoisotopic (exact) mass is 441 g/mol. The highest BCUT2D eigenvalue weighted by Crippen LogP contribution is 2.45. The second kappa shape index (κ2) is 7.62. The van der Waals surface area contributed by atoms with E-state index in [1.807, 2.05) is 53.2 Å². The summed E-state index contributed by atoms with van der Waals surface area (Å²) >= 11 is 0. The molecule has 3 aromatic rings. The number of carbonyl (C=O) groups is 1. The van der Waals surface area contributed by atoms with Crippen LogP contribution in [0.5, 0.6) is 0 Å². The van der Waals surface area contributed by atoms with E-state index in [2.05, 4.69) is 5.32 Å². The molecule has 8 heteroatoms. The van der Waals surface area contributed by atoms with Crippen LogP contribution in [0.15, 0.2) is 66.9 Å². The molecule has 5 rings (SSSR count). The van der Waals surface area contributed by atoms with Crippen LogP contribution in [-0.4, -0.2) is 28.6 Å². The summed E-state index contributed by atoms with van der Waals surface area (Å²) in [6.45, 7) is 1.09. The van der Waals surface area contributed by atoms with Crippen molar-refractivity contribution in [1.29, 1.82) is 0 Å². The molecule has 1 N–H and O–H groups in total. The lowest BCUT2D eigenvalue weighted by atomic mass is 9.82. The van der Waals surface area contributed by atoms with Gasteiger partial charge in [-0.25, -0.2) is 4.79 Å². The minimum absolute atomic E-state index is 0.204. The second-order valence-corrected chi connectivity index (χ2v) is 8.23. The number of nitrogens with one attached hydrogen (secondary N) is 1. The van der Waals surface area contributed by atoms with E-state index in [1.165, 1.54) is 12.1 Å². The molecule has 0 unspecified atom stereocenters. The molecule has 1 saturated heterocycles. The smallest absolute Gasteiger partial charge is 0.416 e. The Morgan fingerprint density at radius 2 is 1.78 bits per heavy atom. The van der Waals surface area contributed by atoms with Crippen LogP contribution in [0, 0.1) is 0 Å². The van der Waals surface area contributed by atoms with E-state index in [1.54, 1.807) is 4.90 Å². The molecular formula is C24H22F3N3O2. The number of nitrogens with zero attached hydrogens (tertiary/aromatic N) is 2. The highest BCUT2D eigenvalue weighted by molar-refractivity contribution is 5.70. The lowest BCUT2D eigenvalue weighted by Crippen LogP contribution is -2.51. The van der Waals surface area contributed by atoms with E-state index < -0.39 is 17.3 Å². The molecule has 2 aliphatic rings. The number of rotatable bonds is 2. The molecule has 1 aromatic heterocycles. The fraction of sp³-hybridized carbons (Fsp3) is 0.292. The van der Waals surface area contributed by atoms with E-state index in [4.69, 9.17) is 4.74 Å². The van der Waals surface area contributed by atoms with Gasteiger partial charge in [-0.2, -0.15) is 13.2 Å². The van der Waals surface area contributed by atoms with E-state index in [0.29, 0.717) is 37.3 Å². The van der Waals surface area contributed by atoms with Crippen LogP contribution in [0.25, 0.3) is 5.69 Å². The molecule has 1 amide bonds. The summed E-state index contributed by atoms with van der Waals surface area (Å²) in [5, 5.41) is 3.38. The fourth-order valence-electron chi connectivity index (χ4n) is 4.59. The number of alkyl halides is 3. The summed E-state index contributed by atoms with van der Waals surface area (Å²) in [6.07, 6.45) is -1.80. The predicted octanol–water partition coefficient (Wildman–Crippen LogP) is 5.55. The molecule has 5 nitrogen and oxygen atoms in total. The van der Waals surface area contributed by atoms with E-state index >= 15 is 0 Å². The van der Waals surface area contributed by atoms with Gasteiger partial charge in [0.25, 0.3) is 0 Å². The van der Waals surface area contributed by atoms with Crippen molar-refractivity contribution in [2.75, 3.05) is 18.4 Å². The van der Waals surface area contributed by atoms with E-state index in [9.17, 15) is 18.0 Å². The number of piperidine rings is 1. The van der Waals surface area contributed by atoms with Gasteiger partial charge in [0.15, 0.2) is 0 Å². The van der Waals surface area contributed by atoms with Crippen LogP contribution in [0.1, 0.15) is 29.7 Å². The van der Waals surface area contributed by atoms with Gasteiger partial charge in [-0.1, -0.05) is 30.3 Å². The highest BCUT2D eigenvalue weighted by Gasteiger charge is 2.43. The Hall–Kier alpha value is -3.42. The number of likely N-dealkylation sites (tertiary alicyclic amines) is 1. The Morgan fingerprint density at radius 1 is 1.03 bits per heavy atom. The number of hydrogen-bond acceptors (Lipinski definition) is 3. The van der Waals surface area contributed by atoms with Crippen molar-refractivity contribution >= 4 is 11.8 Å². The van der Waals surface area contributed by atoms with Crippen LogP contribution >= 0.6 is 0 Å².